The zero-order valence-corrected chi connectivity index (χ0v) is 19.2. The van der Waals surface area contributed by atoms with Gasteiger partial charge in [-0.15, -0.1) is 0 Å². The highest BCUT2D eigenvalue weighted by molar-refractivity contribution is 5.94. The number of anilines is 1. The molecular weight excluding hydrogens is 414 g/mol. The number of carbonyl (C=O) groups excluding carboxylic acids is 2. The normalized spacial score (nSPS) is 15.7. The molecule has 3 aromatic rings. The fourth-order valence-electron chi connectivity index (χ4n) is 4.39. The summed E-state index contributed by atoms with van der Waals surface area (Å²) in [5.41, 5.74) is 1.78. The largest absolute Gasteiger partial charge is 0.495 e. The van der Waals surface area contributed by atoms with Crippen LogP contribution in [0.15, 0.2) is 66.7 Å². The molecule has 1 saturated heterocycles. The van der Waals surface area contributed by atoms with Crippen LogP contribution < -0.4 is 15.4 Å². The predicted octanol–water partition coefficient (Wildman–Crippen LogP) is 4.38. The van der Waals surface area contributed by atoms with Gasteiger partial charge < -0.3 is 15.4 Å². The summed E-state index contributed by atoms with van der Waals surface area (Å²) in [4.78, 5) is 27.5. The number of hydrogen-bond acceptors (Lipinski definition) is 4. The second-order valence-corrected chi connectivity index (χ2v) is 8.64. The van der Waals surface area contributed by atoms with Gasteiger partial charge >= 0.3 is 0 Å². The van der Waals surface area contributed by atoms with E-state index in [0.717, 1.165) is 31.5 Å². The number of amides is 2. The second-order valence-electron chi connectivity index (χ2n) is 8.64. The summed E-state index contributed by atoms with van der Waals surface area (Å²) in [5, 5.41) is 8.46. The first kappa shape index (κ1) is 22.8. The van der Waals surface area contributed by atoms with Crippen molar-refractivity contribution in [1.29, 1.82) is 0 Å². The van der Waals surface area contributed by atoms with E-state index in [9.17, 15) is 9.59 Å². The summed E-state index contributed by atoms with van der Waals surface area (Å²) in [7, 11) is 1.59. The van der Waals surface area contributed by atoms with Crippen LogP contribution in [-0.2, 0) is 9.59 Å². The molecule has 1 aliphatic rings. The highest BCUT2D eigenvalue weighted by Gasteiger charge is 2.26. The van der Waals surface area contributed by atoms with Crippen molar-refractivity contribution in [3.63, 3.8) is 0 Å². The summed E-state index contributed by atoms with van der Waals surface area (Å²) in [6, 6.07) is 21.9. The number of rotatable bonds is 7. The molecule has 0 spiro atoms. The molecule has 1 heterocycles. The zero-order valence-electron chi connectivity index (χ0n) is 19.2. The number of methoxy groups -OCH3 is 1. The number of likely N-dealkylation sites (tertiary alicyclic amines) is 1. The third-order valence-corrected chi connectivity index (χ3v) is 6.34. The highest BCUT2D eigenvalue weighted by Crippen LogP contribution is 2.26. The molecule has 1 atom stereocenters. The number of nitrogens with one attached hydrogen (secondary N) is 2. The Labute approximate surface area is 194 Å². The van der Waals surface area contributed by atoms with Gasteiger partial charge in [-0.3, -0.25) is 14.5 Å². The molecule has 1 unspecified atom stereocenters. The number of para-hydroxylation sites is 2. The first-order valence-corrected chi connectivity index (χ1v) is 11.5. The van der Waals surface area contributed by atoms with Crippen LogP contribution in [0, 0.1) is 5.92 Å². The molecular formula is C27H31N3O3. The SMILES string of the molecule is COc1ccccc1NC(=O)C1CCN(CC(=O)NC(C)c2ccc3ccccc3c2)CC1. The van der Waals surface area contributed by atoms with E-state index in [0.29, 0.717) is 18.0 Å². The zero-order chi connectivity index (χ0) is 23.2. The van der Waals surface area contributed by atoms with Crippen LogP contribution >= 0.6 is 0 Å². The first-order valence-electron chi connectivity index (χ1n) is 11.5. The third kappa shape index (κ3) is 5.71. The summed E-state index contributed by atoms with van der Waals surface area (Å²) in [6.07, 6.45) is 1.46. The lowest BCUT2D eigenvalue weighted by molar-refractivity contribution is -0.124. The van der Waals surface area contributed by atoms with Gasteiger partial charge in [-0.05, 0) is 67.4 Å². The monoisotopic (exact) mass is 445 g/mol. The molecule has 6 heteroatoms. The molecule has 0 saturated carbocycles. The topological polar surface area (TPSA) is 70.7 Å². The Morgan fingerprint density at radius 3 is 2.45 bits per heavy atom. The molecule has 33 heavy (non-hydrogen) atoms. The van der Waals surface area contributed by atoms with Gasteiger partial charge in [0.05, 0.1) is 25.4 Å². The van der Waals surface area contributed by atoms with Crippen molar-refractivity contribution in [2.75, 3.05) is 32.1 Å². The summed E-state index contributed by atoms with van der Waals surface area (Å²) >= 11 is 0. The van der Waals surface area contributed by atoms with Gasteiger partial charge in [0.25, 0.3) is 0 Å². The number of ether oxygens (including phenoxy) is 1. The smallest absolute Gasteiger partial charge is 0.234 e. The van der Waals surface area contributed by atoms with E-state index in [4.69, 9.17) is 4.74 Å². The summed E-state index contributed by atoms with van der Waals surface area (Å²) < 4.78 is 5.31. The van der Waals surface area contributed by atoms with Crippen LogP contribution in [0.2, 0.25) is 0 Å². The Morgan fingerprint density at radius 2 is 1.70 bits per heavy atom. The van der Waals surface area contributed by atoms with Gasteiger partial charge in [-0.1, -0.05) is 48.5 Å². The van der Waals surface area contributed by atoms with Crippen LogP contribution in [0.25, 0.3) is 10.8 Å². The lowest BCUT2D eigenvalue weighted by Crippen LogP contribution is -2.43. The molecule has 0 aromatic heterocycles. The van der Waals surface area contributed by atoms with Gasteiger partial charge in [0, 0.05) is 5.92 Å². The minimum atomic E-state index is -0.0641. The average Bonchev–Trinajstić information content (AvgIpc) is 2.84. The molecule has 0 aliphatic carbocycles. The van der Waals surface area contributed by atoms with Gasteiger partial charge in [0.2, 0.25) is 11.8 Å². The first-order chi connectivity index (χ1) is 16.0. The fourth-order valence-corrected chi connectivity index (χ4v) is 4.39. The Morgan fingerprint density at radius 1 is 1.00 bits per heavy atom. The standard InChI is InChI=1S/C27H31N3O3/c1-19(22-12-11-20-7-3-4-8-23(20)17-22)28-26(31)18-30-15-13-21(14-16-30)27(32)29-24-9-5-6-10-25(24)33-2/h3-12,17,19,21H,13-16,18H2,1-2H3,(H,28,31)(H,29,32). The van der Waals surface area contributed by atoms with Gasteiger partial charge in [-0.2, -0.15) is 0 Å². The molecule has 1 aliphatic heterocycles. The molecule has 172 valence electrons. The number of benzene rings is 3. The maximum Gasteiger partial charge on any atom is 0.234 e. The number of nitrogens with zero attached hydrogens (tertiary/aromatic N) is 1. The van der Waals surface area contributed by atoms with E-state index in [-0.39, 0.29) is 23.8 Å². The van der Waals surface area contributed by atoms with E-state index in [1.807, 2.05) is 43.3 Å². The molecule has 2 amide bonds. The molecule has 2 N–H and O–H groups in total. The van der Waals surface area contributed by atoms with E-state index in [1.54, 1.807) is 7.11 Å². The Kier molecular flexibility index (Phi) is 7.25. The van der Waals surface area contributed by atoms with Crippen molar-refractivity contribution in [3.8, 4) is 5.75 Å². The lowest BCUT2D eigenvalue weighted by Gasteiger charge is -2.31. The predicted molar refractivity (Wildman–Crippen MR) is 131 cm³/mol. The van der Waals surface area contributed by atoms with Crippen LogP contribution in [0.5, 0.6) is 5.75 Å². The Hall–Kier alpha value is -3.38. The number of fused-ring (bicyclic) bond motifs is 1. The quantitative estimate of drug-likeness (QED) is 0.566. The van der Waals surface area contributed by atoms with E-state index >= 15 is 0 Å². The molecule has 6 nitrogen and oxygen atoms in total. The summed E-state index contributed by atoms with van der Waals surface area (Å²) in [5.74, 6) is 0.604. The number of hydrogen-bond donors (Lipinski definition) is 2. The Bertz CT molecular complexity index is 1120. The summed E-state index contributed by atoms with van der Waals surface area (Å²) in [6.45, 7) is 3.80. The van der Waals surface area contributed by atoms with Gasteiger partial charge in [0.15, 0.2) is 0 Å². The third-order valence-electron chi connectivity index (χ3n) is 6.34. The van der Waals surface area contributed by atoms with Crippen molar-refractivity contribution < 1.29 is 14.3 Å². The molecule has 3 aromatic carbocycles. The van der Waals surface area contributed by atoms with Crippen molar-refractivity contribution in [2.45, 2.75) is 25.8 Å². The van der Waals surface area contributed by atoms with Crippen molar-refractivity contribution >= 4 is 28.3 Å². The van der Waals surface area contributed by atoms with Crippen molar-refractivity contribution in [1.82, 2.24) is 10.2 Å². The van der Waals surface area contributed by atoms with Crippen molar-refractivity contribution in [3.05, 3.63) is 72.3 Å². The molecule has 0 bridgehead atoms. The van der Waals surface area contributed by atoms with E-state index in [2.05, 4.69) is 45.9 Å². The minimum Gasteiger partial charge on any atom is -0.495 e. The van der Waals surface area contributed by atoms with Gasteiger partial charge in [-0.25, -0.2) is 0 Å². The van der Waals surface area contributed by atoms with E-state index < -0.39 is 0 Å². The average molecular weight is 446 g/mol. The van der Waals surface area contributed by atoms with Gasteiger partial charge in [0.1, 0.15) is 5.75 Å². The van der Waals surface area contributed by atoms with Crippen molar-refractivity contribution in [2.24, 2.45) is 5.92 Å². The number of carbonyl (C=O) groups is 2. The van der Waals surface area contributed by atoms with E-state index in [1.165, 1.54) is 10.8 Å². The molecule has 1 fully saturated rings. The van der Waals surface area contributed by atoms with Crippen LogP contribution in [0.1, 0.15) is 31.4 Å². The second kappa shape index (κ2) is 10.5. The number of piperidine rings is 1. The maximum absolute atomic E-state index is 12.7. The van der Waals surface area contributed by atoms with Crippen LogP contribution in [0.3, 0.4) is 0 Å². The van der Waals surface area contributed by atoms with Crippen LogP contribution in [0.4, 0.5) is 5.69 Å². The molecule has 4 rings (SSSR count). The fraction of sp³-hybridized carbons (Fsp3) is 0.333. The highest BCUT2D eigenvalue weighted by atomic mass is 16.5. The van der Waals surface area contributed by atoms with Crippen LogP contribution in [-0.4, -0.2) is 43.5 Å². The maximum atomic E-state index is 12.7. The minimum absolute atomic E-state index is 0.00702. The Balaban J connectivity index is 1.25. The lowest BCUT2D eigenvalue weighted by atomic mass is 9.95. The molecule has 0 radical (unpaired) electrons.